The first-order chi connectivity index (χ1) is 13.9. The molecule has 0 N–H and O–H groups in total. The molecule has 0 amide bonds. The number of aromatic nitrogens is 2. The van der Waals surface area contributed by atoms with Crippen LogP contribution in [0.25, 0.3) is 0 Å². The average Bonchev–Trinajstić information content (AvgIpc) is 2.99. The highest BCUT2D eigenvalue weighted by molar-refractivity contribution is 5.96. The van der Waals surface area contributed by atoms with Crippen molar-refractivity contribution in [2.75, 3.05) is 6.61 Å². The average molecular weight is 391 g/mol. The molecule has 5 heteroatoms. The number of rotatable bonds is 5. The molecular formula is C24H27N2O3+. The number of aryl methyl sites for hydroxylation is 2. The summed E-state index contributed by atoms with van der Waals surface area (Å²) in [5, 5.41) is 0. The van der Waals surface area contributed by atoms with Gasteiger partial charge in [0.15, 0.2) is 29.5 Å². The molecule has 3 aromatic rings. The zero-order valence-electron chi connectivity index (χ0n) is 17.4. The van der Waals surface area contributed by atoms with Gasteiger partial charge in [-0.2, -0.15) is 4.57 Å². The van der Waals surface area contributed by atoms with E-state index in [0.717, 1.165) is 34.1 Å². The maximum atomic E-state index is 13.0. The van der Waals surface area contributed by atoms with Crippen LogP contribution in [0.1, 0.15) is 33.0 Å². The Morgan fingerprint density at radius 1 is 1.10 bits per heavy atom. The largest absolute Gasteiger partial charge is 0.486 e. The minimum Gasteiger partial charge on any atom is -0.486 e. The molecule has 29 heavy (non-hydrogen) atoms. The van der Waals surface area contributed by atoms with Crippen LogP contribution in [0.15, 0.2) is 48.7 Å². The summed E-state index contributed by atoms with van der Waals surface area (Å²) >= 11 is 0. The smallest absolute Gasteiger partial charge is 0.229 e. The van der Waals surface area contributed by atoms with Gasteiger partial charge >= 0.3 is 0 Å². The summed E-state index contributed by atoms with van der Waals surface area (Å²) < 4.78 is 16.1. The van der Waals surface area contributed by atoms with E-state index in [2.05, 4.69) is 17.6 Å². The van der Waals surface area contributed by atoms with Crippen molar-refractivity contribution in [3.05, 3.63) is 76.9 Å². The zero-order valence-corrected chi connectivity index (χ0v) is 17.4. The SMILES string of the molecule is Cc1ccc[n+](CC(=O)c2cc(C)n(C[C@H]3COc4ccccc4O3)c2C)c1C. The Morgan fingerprint density at radius 3 is 2.66 bits per heavy atom. The molecule has 0 saturated carbocycles. The Hall–Kier alpha value is -3.08. The van der Waals surface area contributed by atoms with Crippen molar-refractivity contribution in [3.63, 3.8) is 0 Å². The van der Waals surface area contributed by atoms with E-state index in [-0.39, 0.29) is 11.9 Å². The number of Topliss-reactive ketones (excluding diaryl/α,β-unsaturated/α-hetero) is 1. The van der Waals surface area contributed by atoms with E-state index in [0.29, 0.717) is 19.7 Å². The van der Waals surface area contributed by atoms with Gasteiger partial charge in [0, 0.05) is 35.5 Å². The summed E-state index contributed by atoms with van der Waals surface area (Å²) in [6.07, 6.45) is 1.87. The van der Waals surface area contributed by atoms with E-state index in [1.54, 1.807) is 0 Å². The van der Waals surface area contributed by atoms with Crippen molar-refractivity contribution in [3.8, 4) is 11.5 Å². The highest BCUT2D eigenvalue weighted by Gasteiger charge is 2.25. The number of carbonyl (C=O) groups is 1. The predicted octanol–water partition coefficient (Wildman–Crippen LogP) is 3.73. The van der Waals surface area contributed by atoms with Crippen LogP contribution in [0.4, 0.5) is 0 Å². The van der Waals surface area contributed by atoms with Crippen molar-refractivity contribution in [1.29, 1.82) is 0 Å². The third-order valence-corrected chi connectivity index (χ3v) is 5.76. The van der Waals surface area contributed by atoms with Crippen molar-refractivity contribution in [2.24, 2.45) is 0 Å². The molecule has 4 rings (SSSR count). The summed E-state index contributed by atoms with van der Waals surface area (Å²) in [6.45, 7) is 9.63. The second kappa shape index (κ2) is 7.74. The number of ketones is 1. The molecule has 150 valence electrons. The molecule has 3 heterocycles. The van der Waals surface area contributed by atoms with Crippen molar-refractivity contribution in [2.45, 2.75) is 46.9 Å². The van der Waals surface area contributed by atoms with E-state index in [1.807, 2.05) is 67.9 Å². The molecule has 5 nitrogen and oxygen atoms in total. The standard InChI is InChI=1S/C24H27N2O3/c1-16-8-7-11-25(18(16)3)14-22(27)21-12-17(2)26(19(21)4)13-20-15-28-23-9-5-6-10-24(23)29-20/h5-12,20H,13-15H2,1-4H3/q+1/t20-/m0/s1. The Labute approximate surface area is 171 Å². The second-order valence-corrected chi connectivity index (χ2v) is 7.72. The number of hydrogen-bond donors (Lipinski definition) is 0. The monoisotopic (exact) mass is 391 g/mol. The minimum absolute atomic E-state index is 0.0916. The number of pyridine rings is 1. The van der Waals surface area contributed by atoms with Gasteiger partial charge in [0.25, 0.3) is 0 Å². The molecule has 0 saturated heterocycles. The fourth-order valence-corrected chi connectivity index (χ4v) is 3.88. The first kappa shape index (κ1) is 19.2. The number of ether oxygens (including phenoxy) is 2. The maximum Gasteiger partial charge on any atom is 0.229 e. The molecule has 1 aliphatic heterocycles. The quantitative estimate of drug-likeness (QED) is 0.492. The summed E-state index contributed by atoms with van der Waals surface area (Å²) in [5.41, 5.74) is 5.09. The Bertz CT molecular complexity index is 1070. The van der Waals surface area contributed by atoms with E-state index < -0.39 is 0 Å². The van der Waals surface area contributed by atoms with Gasteiger partial charge in [-0.25, -0.2) is 0 Å². The van der Waals surface area contributed by atoms with Crippen LogP contribution < -0.4 is 14.0 Å². The van der Waals surface area contributed by atoms with E-state index in [4.69, 9.17) is 9.47 Å². The van der Waals surface area contributed by atoms with E-state index >= 15 is 0 Å². The minimum atomic E-state index is -0.0916. The van der Waals surface area contributed by atoms with Crippen LogP contribution in [0.2, 0.25) is 0 Å². The van der Waals surface area contributed by atoms with Crippen LogP contribution in [0, 0.1) is 27.7 Å². The highest BCUT2D eigenvalue weighted by atomic mass is 16.6. The lowest BCUT2D eigenvalue weighted by Gasteiger charge is -2.27. The molecule has 1 atom stereocenters. The van der Waals surface area contributed by atoms with Gasteiger partial charge in [-0.1, -0.05) is 12.1 Å². The number of benzene rings is 1. The van der Waals surface area contributed by atoms with Crippen LogP contribution in [-0.2, 0) is 13.1 Å². The van der Waals surface area contributed by atoms with Crippen molar-refractivity contribution < 1.29 is 18.8 Å². The van der Waals surface area contributed by atoms with Crippen LogP contribution in [-0.4, -0.2) is 23.1 Å². The van der Waals surface area contributed by atoms with Gasteiger partial charge in [-0.05, 0) is 45.0 Å². The highest BCUT2D eigenvalue weighted by Crippen LogP contribution is 2.31. The van der Waals surface area contributed by atoms with Gasteiger partial charge in [0.1, 0.15) is 6.61 Å². The van der Waals surface area contributed by atoms with E-state index in [9.17, 15) is 4.79 Å². The van der Waals surface area contributed by atoms with E-state index in [1.165, 1.54) is 5.56 Å². The van der Waals surface area contributed by atoms with Crippen molar-refractivity contribution >= 4 is 5.78 Å². The van der Waals surface area contributed by atoms with Gasteiger partial charge in [-0.15, -0.1) is 0 Å². The lowest BCUT2D eigenvalue weighted by Crippen LogP contribution is -2.41. The Balaban J connectivity index is 1.52. The lowest BCUT2D eigenvalue weighted by molar-refractivity contribution is -0.689. The number of nitrogens with zero attached hydrogens (tertiary/aromatic N) is 2. The molecule has 2 aromatic heterocycles. The van der Waals surface area contributed by atoms with Gasteiger partial charge in [0.2, 0.25) is 12.3 Å². The Kier molecular flexibility index (Phi) is 5.14. The molecule has 0 radical (unpaired) electrons. The van der Waals surface area contributed by atoms with Crippen LogP contribution >= 0.6 is 0 Å². The first-order valence-corrected chi connectivity index (χ1v) is 9.98. The molecule has 1 aromatic carbocycles. The molecule has 0 fully saturated rings. The summed E-state index contributed by atoms with van der Waals surface area (Å²) in [4.78, 5) is 13.0. The fourth-order valence-electron chi connectivity index (χ4n) is 3.88. The van der Waals surface area contributed by atoms with Gasteiger partial charge in [-0.3, -0.25) is 4.79 Å². The third-order valence-electron chi connectivity index (χ3n) is 5.76. The third kappa shape index (κ3) is 3.77. The number of hydrogen-bond acceptors (Lipinski definition) is 3. The second-order valence-electron chi connectivity index (χ2n) is 7.72. The van der Waals surface area contributed by atoms with Crippen LogP contribution in [0.5, 0.6) is 11.5 Å². The summed E-state index contributed by atoms with van der Waals surface area (Å²) in [7, 11) is 0. The number of fused-ring (bicyclic) bond motifs is 1. The molecule has 1 aliphatic rings. The molecule has 0 bridgehead atoms. The van der Waals surface area contributed by atoms with Crippen LogP contribution in [0.3, 0.4) is 0 Å². The lowest BCUT2D eigenvalue weighted by atomic mass is 10.1. The Morgan fingerprint density at radius 2 is 1.86 bits per heavy atom. The summed E-state index contributed by atoms with van der Waals surface area (Å²) in [6, 6.07) is 13.8. The molecular weight excluding hydrogens is 364 g/mol. The molecule has 0 unspecified atom stereocenters. The number of para-hydroxylation sites is 2. The normalized spacial score (nSPS) is 15.4. The molecule has 0 aliphatic carbocycles. The van der Waals surface area contributed by atoms with Crippen molar-refractivity contribution in [1.82, 2.24) is 4.57 Å². The number of carbonyl (C=O) groups excluding carboxylic acids is 1. The first-order valence-electron chi connectivity index (χ1n) is 9.98. The molecule has 0 spiro atoms. The predicted molar refractivity (Wildman–Crippen MR) is 111 cm³/mol. The maximum absolute atomic E-state index is 13.0. The summed E-state index contributed by atoms with van der Waals surface area (Å²) in [5.74, 6) is 1.68. The fraction of sp³-hybridized carbons (Fsp3) is 0.333. The van der Waals surface area contributed by atoms with Gasteiger partial charge in [0.05, 0.1) is 6.54 Å². The topological polar surface area (TPSA) is 44.3 Å². The zero-order chi connectivity index (χ0) is 20.5. The van der Waals surface area contributed by atoms with Gasteiger partial charge < -0.3 is 14.0 Å².